The van der Waals surface area contributed by atoms with Crippen LogP contribution >= 0.6 is 0 Å². The van der Waals surface area contributed by atoms with E-state index in [-0.39, 0.29) is 5.97 Å². The van der Waals surface area contributed by atoms with E-state index in [0.29, 0.717) is 23.3 Å². The lowest BCUT2D eigenvalue weighted by atomic mass is 9.88. The highest BCUT2D eigenvalue weighted by Gasteiger charge is 2.35. The van der Waals surface area contributed by atoms with Crippen molar-refractivity contribution in [3.8, 4) is 0 Å². The number of amides is 1. The highest BCUT2D eigenvalue weighted by atomic mass is 16.5. The van der Waals surface area contributed by atoms with Crippen LogP contribution in [0.4, 0.5) is 0 Å². The standard InChI is InChI=1S/C17H21NO3/c1-21-17(20)15-4-2-3-14(11-15)12-7-9-18(10-8-12)16(19)13-5-6-13/h2-4,11-13H,5-10H2,1H3. The topological polar surface area (TPSA) is 46.6 Å². The van der Waals surface area contributed by atoms with Gasteiger partial charge in [0.1, 0.15) is 0 Å². The lowest BCUT2D eigenvalue weighted by Crippen LogP contribution is -2.38. The maximum absolute atomic E-state index is 12.1. The molecule has 0 atom stereocenters. The van der Waals surface area contributed by atoms with Crippen molar-refractivity contribution >= 4 is 11.9 Å². The van der Waals surface area contributed by atoms with Gasteiger partial charge in [0.15, 0.2) is 0 Å². The van der Waals surface area contributed by atoms with Gasteiger partial charge in [-0.2, -0.15) is 0 Å². The van der Waals surface area contributed by atoms with Gasteiger partial charge in [-0.15, -0.1) is 0 Å². The van der Waals surface area contributed by atoms with Crippen LogP contribution in [0.2, 0.25) is 0 Å². The summed E-state index contributed by atoms with van der Waals surface area (Å²) in [5.41, 5.74) is 1.78. The number of methoxy groups -OCH3 is 1. The van der Waals surface area contributed by atoms with E-state index in [4.69, 9.17) is 4.74 Å². The van der Waals surface area contributed by atoms with Crippen LogP contribution < -0.4 is 0 Å². The molecule has 1 saturated heterocycles. The Morgan fingerprint density at radius 2 is 1.86 bits per heavy atom. The van der Waals surface area contributed by atoms with Gasteiger partial charge in [-0.05, 0) is 49.3 Å². The van der Waals surface area contributed by atoms with E-state index in [9.17, 15) is 9.59 Å². The predicted octanol–water partition coefficient (Wildman–Crippen LogP) is 2.59. The first kappa shape index (κ1) is 14.1. The molecule has 112 valence electrons. The molecule has 2 aliphatic rings. The molecule has 0 N–H and O–H groups in total. The average molecular weight is 287 g/mol. The van der Waals surface area contributed by atoms with Gasteiger partial charge in [0, 0.05) is 19.0 Å². The third-order valence-electron chi connectivity index (χ3n) is 4.51. The summed E-state index contributed by atoms with van der Waals surface area (Å²) in [6.45, 7) is 1.67. The van der Waals surface area contributed by atoms with Crippen molar-refractivity contribution in [3.63, 3.8) is 0 Å². The molecule has 2 fully saturated rings. The summed E-state index contributed by atoms with van der Waals surface area (Å²) in [6.07, 6.45) is 4.09. The lowest BCUT2D eigenvalue weighted by Gasteiger charge is -2.32. The van der Waals surface area contributed by atoms with Crippen LogP contribution in [0.15, 0.2) is 24.3 Å². The molecule has 0 aromatic heterocycles. The summed E-state index contributed by atoms with van der Waals surface area (Å²) in [6, 6.07) is 7.68. The van der Waals surface area contributed by atoms with Gasteiger partial charge in [-0.1, -0.05) is 12.1 Å². The van der Waals surface area contributed by atoms with Crippen molar-refractivity contribution in [1.29, 1.82) is 0 Å². The Bertz CT molecular complexity index is 543. The second-order valence-electron chi connectivity index (χ2n) is 5.99. The number of ether oxygens (including phenoxy) is 1. The number of esters is 1. The summed E-state index contributed by atoms with van der Waals surface area (Å²) < 4.78 is 4.77. The monoisotopic (exact) mass is 287 g/mol. The molecule has 4 heteroatoms. The number of hydrogen-bond acceptors (Lipinski definition) is 3. The van der Waals surface area contributed by atoms with E-state index in [1.165, 1.54) is 12.7 Å². The van der Waals surface area contributed by atoms with Gasteiger partial charge in [0.05, 0.1) is 12.7 Å². The molecule has 21 heavy (non-hydrogen) atoms. The largest absolute Gasteiger partial charge is 0.465 e. The van der Waals surface area contributed by atoms with E-state index in [1.807, 2.05) is 17.0 Å². The molecule has 4 nitrogen and oxygen atoms in total. The average Bonchev–Trinajstić information content (AvgIpc) is 3.38. The minimum atomic E-state index is -0.293. The fraction of sp³-hybridized carbons (Fsp3) is 0.529. The molecule has 1 heterocycles. The number of likely N-dealkylation sites (tertiary alicyclic amines) is 1. The predicted molar refractivity (Wildman–Crippen MR) is 79.1 cm³/mol. The van der Waals surface area contributed by atoms with Crippen molar-refractivity contribution in [2.24, 2.45) is 5.92 Å². The highest BCUT2D eigenvalue weighted by molar-refractivity contribution is 5.89. The van der Waals surface area contributed by atoms with Gasteiger partial charge >= 0.3 is 5.97 Å². The molecule has 0 unspecified atom stereocenters. The molecular formula is C17H21NO3. The second-order valence-corrected chi connectivity index (χ2v) is 5.99. The molecule has 1 aromatic rings. The molecule has 0 radical (unpaired) electrons. The quantitative estimate of drug-likeness (QED) is 0.803. The fourth-order valence-electron chi connectivity index (χ4n) is 3.06. The van der Waals surface area contributed by atoms with E-state index in [1.54, 1.807) is 6.07 Å². The summed E-state index contributed by atoms with van der Waals surface area (Å²) in [4.78, 5) is 25.7. The van der Waals surface area contributed by atoms with Crippen molar-refractivity contribution < 1.29 is 14.3 Å². The number of rotatable bonds is 3. The van der Waals surface area contributed by atoms with Crippen molar-refractivity contribution in [1.82, 2.24) is 4.90 Å². The summed E-state index contributed by atoms with van der Waals surface area (Å²) >= 11 is 0. The Balaban J connectivity index is 1.63. The van der Waals surface area contributed by atoms with Crippen LogP contribution in [-0.2, 0) is 9.53 Å². The zero-order chi connectivity index (χ0) is 14.8. The van der Waals surface area contributed by atoms with E-state index in [0.717, 1.165) is 38.8 Å². The van der Waals surface area contributed by atoms with Crippen LogP contribution in [0.3, 0.4) is 0 Å². The zero-order valence-electron chi connectivity index (χ0n) is 12.4. The van der Waals surface area contributed by atoms with Gasteiger partial charge in [-0.3, -0.25) is 4.79 Å². The van der Waals surface area contributed by atoms with Gasteiger partial charge in [0.2, 0.25) is 5.91 Å². The summed E-state index contributed by atoms with van der Waals surface area (Å²) in [7, 11) is 1.40. The maximum atomic E-state index is 12.1. The van der Waals surface area contributed by atoms with Crippen LogP contribution in [0.5, 0.6) is 0 Å². The first-order valence-corrected chi connectivity index (χ1v) is 7.66. The maximum Gasteiger partial charge on any atom is 0.337 e. The molecule has 1 saturated carbocycles. The Labute approximate surface area is 125 Å². The van der Waals surface area contributed by atoms with Crippen molar-refractivity contribution in [2.75, 3.05) is 20.2 Å². The second kappa shape index (κ2) is 5.88. The summed E-state index contributed by atoms with van der Waals surface area (Å²) in [5, 5.41) is 0. The molecule has 1 aromatic carbocycles. The normalized spacial score (nSPS) is 19.4. The molecule has 0 spiro atoms. The Kier molecular flexibility index (Phi) is 3.95. The minimum Gasteiger partial charge on any atom is -0.465 e. The SMILES string of the molecule is COC(=O)c1cccc(C2CCN(C(=O)C3CC3)CC2)c1. The Hall–Kier alpha value is -1.84. The molecular weight excluding hydrogens is 266 g/mol. The molecule has 0 bridgehead atoms. The number of nitrogens with zero attached hydrogens (tertiary/aromatic N) is 1. The van der Waals surface area contributed by atoms with Gasteiger partial charge < -0.3 is 9.64 Å². The van der Waals surface area contributed by atoms with E-state index < -0.39 is 0 Å². The summed E-state index contributed by atoms with van der Waals surface area (Å²) in [5.74, 6) is 0.789. The van der Waals surface area contributed by atoms with Gasteiger partial charge in [-0.25, -0.2) is 4.79 Å². The van der Waals surface area contributed by atoms with Crippen LogP contribution in [-0.4, -0.2) is 37.0 Å². The van der Waals surface area contributed by atoms with Crippen LogP contribution in [0, 0.1) is 5.92 Å². The third-order valence-corrected chi connectivity index (χ3v) is 4.51. The Morgan fingerprint density at radius 3 is 2.48 bits per heavy atom. The molecule has 1 amide bonds. The number of hydrogen-bond donors (Lipinski definition) is 0. The Morgan fingerprint density at radius 1 is 1.14 bits per heavy atom. The van der Waals surface area contributed by atoms with Crippen LogP contribution in [0.1, 0.15) is 47.5 Å². The number of piperidine rings is 1. The zero-order valence-corrected chi connectivity index (χ0v) is 12.4. The molecule has 3 rings (SSSR count). The number of benzene rings is 1. The lowest BCUT2D eigenvalue weighted by molar-refractivity contribution is -0.133. The molecule has 1 aliphatic carbocycles. The fourth-order valence-corrected chi connectivity index (χ4v) is 3.06. The van der Waals surface area contributed by atoms with E-state index in [2.05, 4.69) is 6.07 Å². The van der Waals surface area contributed by atoms with Gasteiger partial charge in [0.25, 0.3) is 0 Å². The highest BCUT2D eigenvalue weighted by Crippen LogP contribution is 2.34. The first-order chi connectivity index (χ1) is 10.2. The number of carbonyl (C=O) groups is 2. The molecule has 1 aliphatic heterocycles. The van der Waals surface area contributed by atoms with Crippen molar-refractivity contribution in [3.05, 3.63) is 35.4 Å². The first-order valence-electron chi connectivity index (χ1n) is 7.66. The van der Waals surface area contributed by atoms with Crippen molar-refractivity contribution in [2.45, 2.75) is 31.6 Å². The van der Waals surface area contributed by atoms with E-state index >= 15 is 0 Å². The number of carbonyl (C=O) groups excluding carboxylic acids is 2. The smallest absolute Gasteiger partial charge is 0.337 e. The third kappa shape index (κ3) is 3.09. The van der Waals surface area contributed by atoms with Crippen LogP contribution in [0.25, 0.3) is 0 Å². The minimum absolute atomic E-state index is 0.293.